The summed E-state index contributed by atoms with van der Waals surface area (Å²) in [7, 11) is 2.95. The molecule has 0 bridgehead atoms. The topological polar surface area (TPSA) is 59.1 Å². The minimum atomic E-state index is -0.982. The van der Waals surface area contributed by atoms with Crippen molar-refractivity contribution in [1.29, 1.82) is 0 Å². The zero-order valence-corrected chi connectivity index (χ0v) is 22.1. The van der Waals surface area contributed by atoms with Crippen molar-refractivity contribution in [3.05, 3.63) is 144 Å². The molecule has 6 heteroatoms. The first-order valence-corrected chi connectivity index (χ1v) is 13.0. The van der Waals surface area contributed by atoms with Crippen LogP contribution in [0, 0.1) is 5.92 Å². The molecule has 4 aromatic carbocycles. The van der Waals surface area contributed by atoms with Crippen molar-refractivity contribution in [2.45, 2.75) is 18.2 Å². The average Bonchev–Trinajstić information content (AvgIpc) is 3.00. The van der Waals surface area contributed by atoms with Crippen molar-refractivity contribution in [2.24, 2.45) is 5.92 Å². The van der Waals surface area contributed by atoms with Crippen LogP contribution in [0.3, 0.4) is 0 Å². The SMILES string of the molecule is CON(C)C(=O)[C@@H]1C(=O)N(C(c2ccccc2)(c2ccccc2)c2ccccc2)[C@H]1COCc1ccccc1. The number of likely N-dealkylation sites (tertiary alicyclic amines) is 1. The van der Waals surface area contributed by atoms with Crippen LogP contribution in [-0.4, -0.2) is 48.6 Å². The second-order valence-electron chi connectivity index (χ2n) is 9.58. The normalized spacial score (nSPS) is 17.0. The Labute approximate surface area is 229 Å². The van der Waals surface area contributed by atoms with E-state index in [4.69, 9.17) is 9.57 Å². The molecule has 0 saturated carbocycles. The van der Waals surface area contributed by atoms with Crippen LogP contribution in [0.4, 0.5) is 0 Å². The summed E-state index contributed by atoms with van der Waals surface area (Å²) in [5, 5.41) is 1.12. The number of carbonyl (C=O) groups excluding carboxylic acids is 2. The van der Waals surface area contributed by atoms with Crippen molar-refractivity contribution in [1.82, 2.24) is 9.96 Å². The van der Waals surface area contributed by atoms with E-state index in [9.17, 15) is 9.59 Å². The van der Waals surface area contributed by atoms with Gasteiger partial charge < -0.3 is 9.64 Å². The van der Waals surface area contributed by atoms with Gasteiger partial charge in [-0.25, -0.2) is 5.06 Å². The van der Waals surface area contributed by atoms with Crippen molar-refractivity contribution in [3.8, 4) is 0 Å². The lowest BCUT2D eigenvalue weighted by Gasteiger charge is -2.57. The highest BCUT2D eigenvalue weighted by atomic mass is 16.7. The number of hydrogen-bond donors (Lipinski definition) is 0. The number of hydrogen-bond acceptors (Lipinski definition) is 4. The van der Waals surface area contributed by atoms with Crippen LogP contribution >= 0.6 is 0 Å². The van der Waals surface area contributed by atoms with Crippen LogP contribution < -0.4 is 0 Å². The van der Waals surface area contributed by atoms with Gasteiger partial charge in [-0.1, -0.05) is 121 Å². The van der Waals surface area contributed by atoms with Gasteiger partial charge in [-0.3, -0.25) is 14.4 Å². The molecule has 39 heavy (non-hydrogen) atoms. The Kier molecular flexibility index (Phi) is 7.87. The van der Waals surface area contributed by atoms with E-state index in [-0.39, 0.29) is 12.5 Å². The molecule has 198 valence electrons. The van der Waals surface area contributed by atoms with Crippen LogP contribution in [0.2, 0.25) is 0 Å². The molecule has 0 aromatic heterocycles. The smallest absolute Gasteiger partial charge is 0.260 e. The number of β-lactam (4-membered cyclic amide) rings is 1. The second-order valence-corrected chi connectivity index (χ2v) is 9.58. The summed E-state index contributed by atoms with van der Waals surface area (Å²) in [6, 6.07) is 39.3. The zero-order chi connectivity index (χ0) is 27.2. The third kappa shape index (κ3) is 4.85. The largest absolute Gasteiger partial charge is 0.375 e. The van der Waals surface area contributed by atoms with Gasteiger partial charge in [0.25, 0.3) is 5.91 Å². The maximum absolute atomic E-state index is 14.2. The molecular formula is C33H32N2O4. The van der Waals surface area contributed by atoms with Gasteiger partial charge in [0, 0.05) is 7.05 Å². The summed E-state index contributed by atoms with van der Waals surface area (Å²) in [6.07, 6.45) is 0. The number of hydroxylamine groups is 2. The van der Waals surface area contributed by atoms with Crippen molar-refractivity contribution >= 4 is 11.8 Å². The molecule has 2 atom stereocenters. The number of rotatable bonds is 10. The van der Waals surface area contributed by atoms with Crippen LogP contribution in [0.25, 0.3) is 0 Å². The van der Waals surface area contributed by atoms with E-state index >= 15 is 0 Å². The third-order valence-electron chi connectivity index (χ3n) is 7.41. The van der Waals surface area contributed by atoms with E-state index in [0.717, 1.165) is 27.3 Å². The summed E-state index contributed by atoms with van der Waals surface area (Å²) in [5.74, 6) is -1.59. The molecule has 0 aliphatic carbocycles. The molecule has 0 unspecified atom stereocenters. The predicted octanol–water partition coefficient (Wildman–Crippen LogP) is 5.04. The molecule has 0 N–H and O–H groups in total. The maximum atomic E-state index is 14.2. The minimum Gasteiger partial charge on any atom is -0.375 e. The minimum absolute atomic E-state index is 0.183. The van der Waals surface area contributed by atoms with Crippen LogP contribution in [0.1, 0.15) is 22.3 Å². The highest BCUT2D eigenvalue weighted by Gasteiger charge is 2.61. The summed E-state index contributed by atoms with van der Waals surface area (Å²) in [5.41, 5.74) is 2.82. The number of amides is 2. The van der Waals surface area contributed by atoms with E-state index in [2.05, 4.69) is 0 Å². The fraction of sp³-hybridized carbons (Fsp3) is 0.212. The number of nitrogens with zero attached hydrogens (tertiary/aromatic N) is 2. The first kappa shape index (κ1) is 26.4. The molecule has 0 spiro atoms. The van der Waals surface area contributed by atoms with Crippen LogP contribution in [0.15, 0.2) is 121 Å². The summed E-state index contributed by atoms with van der Waals surface area (Å²) in [4.78, 5) is 34.6. The second kappa shape index (κ2) is 11.6. The van der Waals surface area contributed by atoms with Gasteiger partial charge >= 0.3 is 0 Å². The average molecular weight is 521 g/mol. The van der Waals surface area contributed by atoms with Gasteiger partial charge in [-0.15, -0.1) is 0 Å². The number of carbonyl (C=O) groups is 2. The molecule has 5 rings (SSSR count). The Morgan fingerprint density at radius 3 is 1.64 bits per heavy atom. The Bertz CT molecular complexity index is 1280. The monoisotopic (exact) mass is 520 g/mol. The third-order valence-corrected chi connectivity index (χ3v) is 7.41. The van der Waals surface area contributed by atoms with Crippen molar-refractivity contribution < 1.29 is 19.2 Å². The van der Waals surface area contributed by atoms with E-state index in [1.807, 2.05) is 126 Å². The summed E-state index contributed by atoms with van der Waals surface area (Å²) in [6.45, 7) is 0.554. The molecule has 1 heterocycles. The standard InChI is InChI=1S/C33H32N2O4/c1-34(38-2)31(36)30-29(24-39-23-25-15-7-3-8-16-25)35(32(30)37)33(26-17-9-4-10-18-26,27-19-11-5-12-20-27)28-21-13-6-14-22-28/h3-22,29-30H,23-24H2,1-2H3/t29-,30+/m0/s1. The molecule has 0 radical (unpaired) electrons. The van der Waals surface area contributed by atoms with Crippen molar-refractivity contribution in [3.63, 3.8) is 0 Å². The Hall–Kier alpha value is -4.26. The van der Waals surface area contributed by atoms with Gasteiger partial charge in [-0.2, -0.15) is 0 Å². The first-order valence-electron chi connectivity index (χ1n) is 13.0. The zero-order valence-electron chi connectivity index (χ0n) is 22.1. The van der Waals surface area contributed by atoms with Gasteiger partial charge in [0.2, 0.25) is 5.91 Å². The van der Waals surface area contributed by atoms with E-state index in [0.29, 0.717) is 6.61 Å². The first-order chi connectivity index (χ1) is 19.1. The maximum Gasteiger partial charge on any atom is 0.260 e. The lowest BCUT2D eigenvalue weighted by Crippen LogP contribution is -2.73. The highest BCUT2D eigenvalue weighted by Crippen LogP contribution is 2.49. The molecule has 4 aromatic rings. The van der Waals surface area contributed by atoms with Gasteiger partial charge in [-0.05, 0) is 22.3 Å². The van der Waals surface area contributed by atoms with Gasteiger partial charge in [0.1, 0.15) is 11.5 Å². The van der Waals surface area contributed by atoms with Crippen LogP contribution in [0.5, 0.6) is 0 Å². The number of ether oxygens (including phenoxy) is 1. The molecule has 1 aliphatic heterocycles. The quantitative estimate of drug-likeness (QED) is 0.127. The van der Waals surface area contributed by atoms with E-state index in [1.165, 1.54) is 14.2 Å². The molecule has 1 aliphatic rings. The molecule has 2 amide bonds. The lowest BCUT2D eigenvalue weighted by molar-refractivity contribution is -0.195. The van der Waals surface area contributed by atoms with Gasteiger partial charge in [0.05, 0.1) is 26.4 Å². The van der Waals surface area contributed by atoms with E-state index < -0.39 is 23.4 Å². The molecular weight excluding hydrogens is 488 g/mol. The molecule has 6 nitrogen and oxygen atoms in total. The molecule has 1 fully saturated rings. The fourth-order valence-electron chi connectivity index (χ4n) is 5.51. The van der Waals surface area contributed by atoms with E-state index in [1.54, 1.807) is 0 Å². The Morgan fingerprint density at radius 2 is 1.21 bits per heavy atom. The number of benzene rings is 4. The lowest BCUT2D eigenvalue weighted by atomic mass is 9.70. The predicted molar refractivity (Wildman–Crippen MR) is 149 cm³/mol. The Balaban J connectivity index is 1.65. The van der Waals surface area contributed by atoms with Gasteiger partial charge in [0.15, 0.2) is 0 Å². The Morgan fingerprint density at radius 1 is 0.769 bits per heavy atom. The summed E-state index contributed by atoms with van der Waals surface area (Å²) >= 11 is 0. The fourth-order valence-corrected chi connectivity index (χ4v) is 5.51. The summed E-state index contributed by atoms with van der Waals surface area (Å²) < 4.78 is 6.19. The van der Waals surface area contributed by atoms with Crippen molar-refractivity contribution in [2.75, 3.05) is 20.8 Å². The van der Waals surface area contributed by atoms with Crippen LogP contribution in [-0.2, 0) is 31.3 Å². The highest BCUT2D eigenvalue weighted by molar-refractivity contribution is 6.06. The molecule has 1 saturated heterocycles.